The molecule has 3 amide bonds. The molecule has 0 spiro atoms. The first-order valence-corrected chi connectivity index (χ1v) is 3.94. The average Bonchev–Trinajstić information content (AvgIpc) is 2.12. The number of carbonyl (C=O) groups is 2. The molecule has 1 aliphatic rings. The highest BCUT2D eigenvalue weighted by atomic mass is 16.6. The number of amidine groups is 1. The summed E-state index contributed by atoms with van der Waals surface area (Å²) < 4.78 is 0. The molecule has 1 saturated heterocycles. The van der Waals surface area contributed by atoms with Gasteiger partial charge in [0.1, 0.15) is 7.11 Å². The molecule has 0 atom stereocenters. The van der Waals surface area contributed by atoms with Gasteiger partial charge in [0.05, 0.1) is 0 Å². The average molecular weight is 198 g/mol. The quantitative estimate of drug-likeness (QED) is 0.587. The molecule has 1 rings (SSSR count). The number of hydrogen-bond acceptors (Lipinski definition) is 5. The van der Waals surface area contributed by atoms with E-state index in [0.29, 0.717) is 6.54 Å². The maximum atomic E-state index is 11.2. The van der Waals surface area contributed by atoms with Crippen LogP contribution in [-0.4, -0.2) is 42.0 Å². The highest BCUT2D eigenvalue weighted by Gasteiger charge is 2.33. The van der Waals surface area contributed by atoms with E-state index in [1.807, 2.05) is 5.32 Å². The van der Waals surface area contributed by atoms with Crippen LogP contribution in [-0.2, 0) is 9.63 Å². The van der Waals surface area contributed by atoms with Crippen molar-refractivity contribution in [2.75, 3.05) is 13.7 Å². The standard InChI is InChI=1S/C7H10N4O3/c1-3-11-5(8)4(10-14-2)6(12)9-7(11)13/h8H,3H2,1-2H3,(H,9,12,13)/b8-5?,10-4+. The number of nitrogens with zero attached hydrogens (tertiary/aromatic N) is 2. The van der Waals surface area contributed by atoms with Crippen molar-refractivity contribution in [3.63, 3.8) is 0 Å². The molecular weight excluding hydrogens is 188 g/mol. The third-order valence-electron chi connectivity index (χ3n) is 1.67. The van der Waals surface area contributed by atoms with Gasteiger partial charge in [-0.2, -0.15) is 0 Å². The van der Waals surface area contributed by atoms with E-state index in [-0.39, 0.29) is 11.5 Å². The van der Waals surface area contributed by atoms with E-state index in [9.17, 15) is 9.59 Å². The van der Waals surface area contributed by atoms with Gasteiger partial charge in [-0.1, -0.05) is 5.16 Å². The summed E-state index contributed by atoms with van der Waals surface area (Å²) in [5.74, 6) is -0.963. The number of urea groups is 1. The topological polar surface area (TPSA) is 94.8 Å². The number of amides is 3. The van der Waals surface area contributed by atoms with Gasteiger partial charge in [0.2, 0.25) is 5.71 Å². The summed E-state index contributed by atoms with van der Waals surface area (Å²) in [6.45, 7) is 1.98. The normalized spacial score (nSPS) is 20.0. The Bertz CT molecular complexity index is 323. The van der Waals surface area contributed by atoms with Crippen molar-refractivity contribution < 1.29 is 14.4 Å². The van der Waals surface area contributed by atoms with Gasteiger partial charge in [0.25, 0.3) is 5.91 Å². The van der Waals surface area contributed by atoms with E-state index in [0.717, 1.165) is 4.90 Å². The third kappa shape index (κ3) is 1.56. The molecule has 2 N–H and O–H groups in total. The molecule has 0 bridgehead atoms. The van der Waals surface area contributed by atoms with Gasteiger partial charge < -0.3 is 4.84 Å². The Morgan fingerprint density at radius 1 is 1.57 bits per heavy atom. The van der Waals surface area contributed by atoms with Crippen LogP contribution >= 0.6 is 0 Å². The van der Waals surface area contributed by atoms with Gasteiger partial charge in [0.15, 0.2) is 5.84 Å². The van der Waals surface area contributed by atoms with Crippen LogP contribution in [0.25, 0.3) is 0 Å². The van der Waals surface area contributed by atoms with Crippen LogP contribution in [0.5, 0.6) is 0 Å². The monoisotopic (exact) mass is 198 g/mol. The summed E-state index contributed by atoms with van der Waals surface area (Å²) >= 11 is 0. The number of rotatable bonds is 2. The Hall–Kier alpha value is -1.92. The second-order valence-electron chi connectivity index (χ2n) is 2.47. The van der Waals surface area contributed by atoms with Crippen molar-refractivity contribution in [3.05, 3.63) is 0 Å². The fourth-order valence-electron chi connectivity index (χ4n) is 1.04. The molecule has 76 valence electrons. The van der Waals surface area contributed by atoms with Crippen molar-refractivity contribution in [2.24, 2.45) is 5.16 Å². The molecule has 7 heteroatoms. The van der Waals surface area contributed by atoms with E-state index in [4.69, 9.17) is 5.41 Å². The Labute approximate surface area is 80.2 Å². The minimum Gasteiger partial charge on any atom is -0.398 e. The lowest BCUT2D eigenvalue weighted by atomic mass is 10.2. The minimum absolute atomic E-state index is 0.200. The van der Waals surface area contributed by atoms with E-state index in [2.05, 4.69) is 9.99 Å². The number of carbonyl (C=O) groups excluding carboxylic acids is 2. The molecule has 0 aromatic carbocycles. The second-order valence-corrected chi connectivity index (χ2v) is 2.47. The minimum atomic E-state index is -0.716. The van der Waals surface area contributed by atoms with Gasteiger partial charge in [-0.25, -0.2) is 4.79 Å². The van der Waals surface area contributed by atoms with Crippen molar-refractivity contribution >= 4 is 23.5 Å². The predicted octanol–water partition coefficient (Wildman–Crippen LogP) is -0.462. The Morgan fingerprint density at radius 3 is 2.71 bits per heavy atom. The van der Waals surface area contributed by atoms with Crippen molar-refractivity contribution in [2.45, 2.75) is 6.92 Å². The fourth-order valence-corrected chi connectivity index (χ4v) is 1.04. The molecule has 1 heterocycles. The van der Waals surface area contributed by atoms with Gasteiger partial charge in [-0.15, -0.1) is 0 Å². The second kappa shape index (κ2) is 3.86. The van der Waals surface area contributed by atoms with Gasteiger partial charge in [-0.3, -0.25) is 20.4 Å². The maximum Gasteiger partial charge on any atom is 0.330 e. The van der Waals surface area contributed by atoms with Crippen LogP contribution in [0.15, 0.2) is 5.16 Å². The van der Waals surface area contributed by atoms with Crippen LogP contribution < -0.4 is 5.32 Å². The van der Waals surface area contributed by atoms with E-state index in [1.165, 1.54) is 7.11 Å². The molecule has 1 aliphatic heterocycles. The van der Waals surface area contributed by atoms with Crippen LogP contribution in [0.4, 0.5) is 4.79 Å². The molecule has 0 saturated carbocycles. The summed E-state index contributed by atoms with van der Waals surface area (Å²) in [6.07, 6.45) is 0. The summed E-state index contributed by atoms with van der Waals surface area (Å²) in [4.78, 5) is 27.8. The highest BCUT2D eigenvalue weighted by molar-refractivity contribution is 6.69. The third-order valence-corrected chi connectivity index (χ3v) is 1.67. The Morgan fingerprint density at radius 2 is 2.21 bits per heavy atom. The zero-order valence-corrected chi connectivity index (χ0v) is 7.83. The van der Waals surface area contributed by atoms with Crippen LogP contribution in [0.3, 0.4) is 0 Å². The first kappa shape index (κ1) is 10.2. The molecule has 0 radical (unpaired) electrons. The van der Waals surface area contributed by atoms with E-state index in [1.54, 1.807) is 6.92 Å². The van der Waals surface area contributed by atoms with Crippen molar-refractivity contribution in [1.82, 2.24) is 10.2 Å². The summed E-state index contributed by atoms with van der Waals surface area (Å²) in [5, 5.41) is 12.9. The first-order chi connectivity index (χ1) is 6.61. The van der Waals surface area contributed by atoms with E-state index >= 15 is 0 Å². The largest absolute Gasteiger partial charge is 0.398 e. The molecule has 0 aromatic heterocycles. The lowest BCUT2D eigenvalue weighted by Gasteiger charge is -2.25. The van der Waals surface area contributed by atoms with Crippen LogP contribution in [0.2, 0.25) is 0 Å². The van der Waals surface area contributed by atoms with Crippen molar-refractivity contribution in [3.8, 4) is 0 Å². The molecule has 0 aromatic rings. The lowest BCUT2D eigenvalue weighted by Crippen LogP contribution is -2.58. The van der Waals surface area contributed by atoms with Gasteiger partial charge in [0, 0.05) is 6.54 Å². The fraction of sp³-hybridized carbons (Fsp3) is 0.429. The van der Waals surface area contributed by atoms with Gasteiger partial charge >= 0.3 is 6.03 Å². The number of hydrogen-bond donors (Lipinski definition) is 2. The Kier molecular flexibility index (Phi) is 2.80. The highest BCUT2D eigenvalue weighted by Crippen LogP contribution is 2.01. The summed E-state index contributed by atoms with van der Waals surface area (Å²) in [5.41, 5.74) is -0.200. The maximum absolute atomic E-state index is 11.2. The summed E-state index contributed by atoms with van der Waals surface area (Å²) in [7, 11) is 1.26. The molecular formula is C7H10N4O3. The summed E-state index contributed by atoms with van der Waals surface area (Å²) in [6, 6.07) is -0.613. The first-order valence-electron chi connectivity index (χ1n) is 3.94. The zero-order chi connectivity index (χ0) is 10.7. The van der Waals surface area contributed by atoms with Gasteiger partial charge in [-0.05, 0) is 6.92 Å². The number of oxime groups is 1. The Balaban J connectivity index is 3.00. The number of nitrogens with one attached hydrogen (secondary N) is 2. The molecule has 0 unspecified atom stereocenters. The van der Waals surface area contributed by atoms with Crippen LogP contribution in [0, 0.1) is 5.41 Å². The number of imide groups is 1. The van der Waals surface area contributed by atoms with Crippen molar-refractivity contribution in [1.29, 1.82) is 5.41 Å². The van der Waals surface area contributed by atoms with E-state index < -0.39 is 11.9 Å². The molecule has 7 nitrogen and oxygen atoms in total. The molecule has 0 aliphatic carbocycles. The predicted molar refractivity (Wildman–Crippen MR) is 48.1 cm³/mol. The molecule has 1 fully saturated rings. The van der Waals surface area contributed by atoms with Crippen LogP contribution in [0.1, 0.15) is 6.92 Å². The SMILES string of the molecule is CCN1C(=N)/C(=N\OC)C(=O)NC1=O. The lowest BCUT2D eigenvalue weighted by molar-refractivity contribution is -0.114. The molecule has 14 heavy (non-hydrogen) atoms. The zero-order valence-electron chi connectivity index (χ0n) is 7.83. The smallest absolute Gasteiger partial charge is 0.330 e.